The molecule has 0 atom stereocenters. The van der Waals surface area contributed by atoms with Crippen LogP contribution in [0.5, 0.6) is 0 Å². The Labute approximate surface area is 125 Å². The Kier molecular flexibility index (Phi) is 4.03. The fourth-order valence-corrected chi connectivity index (χ4v) is 2.72. The maximum atomic E-state index is 13.5. The molecule has 2 rings (SSSR count). The van der Waals surface area contributed by atoms with Crippen LogP contribution in [0.3, 0.4) is 0 Å². The number of halogens is 2. The Morgan fingerprint density at radius 3 is 2.47 bits per heavy atom. The van der Waals surface area contributed by atoms with E-state index in [-0.39, 0.29) is 11.7 Å². The number of rotatable bonds is 2. The number of nitrogens with two attached hydrogens (primary N) is 1. The summed E-state index contributed by atoms with van der Waals surface area (Å²) in [5.41, 5.74) is 8.30. The molecule has 19 heavy (non-hydrogen) atoms. The van der Waals surface area contributed by atoms with Gasteiger partial charge in [-0.1, -0.05) is 13.8 Å². The van der Waals surface area contributed by atoms with Gasteiger partial charge in [-0.15, -0.1) is 0 Å². The summed E-state index contributed by atoms with van der Waals surface area (Å²) in [5.74, 6) is 0.868. The van der Waals surface area contributed by atoms with Crippen LogP contribution in [0.15, 0.2) is 18.2 Å². The van der Waals surface area contributed by atoms with Gasteiger partial charge in [0, 0.05) is 5.56 Å². The van der Waals surface area contributed by atoms with Crippen molar-refractivity contribution in [3.05, 3.63) is 38.8 Å². The summed E-state index contributed by atoms with van der Waals surface area (Å²) >= 11 is 2.15. The van der Waals surface area contributed by atoms with Gasteiger partial charge in [0.25, 0.3) is 0 Å². The number of nitrogens with zero attached hydrogens (tertiary/aromatic N) is 2. The van der Waals surface area contributed by atoms with E-state index in [0.717, 1.165) is 14.8 Å². The standard InChI is InChI=1S/C14H15FIN3/c1-7(2)12-11(16)13(17)19-14(18-12)9-4-8(3)5-10(15)6-9/h4-7H,1-3H3,(H2,17,18,19). The molecule has 1 aromatic carbocycles. The monoisotopic (exact) mass is 371 g/mol. The third-order valence-electron chi connectivity index (χ3n) is 2.75. The molecule has 100 valence electrons. The van der Waals surface area contributed by atoms with Crippen molar-refractivity contribution in [3.63, 3.8) is 0 Å². The lowest BCUT2D eigenvalue weighted by atomic mass is 10.1. The molecule has 0 aliphatic heterocycles. The zero-order valence-electron chi connectivity index (χ0n) is 11.0. The molecule has 0 unspecified atom stereocenters. The van der Waals surface area contributed by atoms with Gasteiger partial charge in [0.1, 0.15) is 11.6 Å². The fourth-order valence-electron chi connectivity index (χ4n) is 1.86. The molecule has 0 bridgehead atoms. The number of anilines is 1. The predicted molar refractivity (Wildman–Crippen MR) is 83.4 cm³/mol. The minimum atomic E-state index is -0.290. The van der Waals surface area contributed by atoms with Crippen molar-refractivity contribution in [2.45, 2.75) is 26.7 Å². The first-order valence-corrected chi connectivity index (χ1v) is 7.07. The first-order valence-electron chi connectivity index (χ1n) is 5.99. The van der Waals surface area contributed by atoms with Gasteiger partial charge in [-0.2, -0.15) is 0 Å². The minimum absolute atomic E-state index is 0.241. The van der Waals surface area contributed by atoms with Gasteiger partial charge < -0.3 is 5.73 Å². The lowest BCUT2D eigenvalue weighted by Gasteiger charge is -2.12. The topological polar surface area (TPSA) is 51.8 Å². The molecule has 0 radical (unpaired) electrons. The van der Waals surface area contributed by atoms with Crippen molar-refractivity contribution >= 4 is 28.4 Å². The molecule has 1 heterocycles. The van der Waals surface area contributed by atoms with Crippen molar-refractivity contribution in [3.8, 4) is 11.4 Å². The summed E-state index contributed by atoms with van der Waals surface area (Å²) in [6.45, 7) is 5.93. The highest BCUT2D eigenvalue weighted by Gasteiger charge is 2.14. The zero-order valence-corrected chi connectivity index (χ0v) is 13.2. The predicted octanol–water partition coefficient (Wildman–Crippen LogP) is 3.90. The van der Waals surface area contributed by atoms with E-state index in [4.69, 9.17) is 5.73 Å². The van der Waals surface area contributed by atoms with Crippen LogP contribution in [0.4, 0.5) is 10.2 Å². The summed E-state index contributed by atoms with van der Waals surface area (Å²) in [5, 5.41) is 0. The Balaban J connectivity index is 2.62. The van der Waals surface area contributed by atoms with Crippen LogP contribution in [0.25, 0.3) is 11.4 Å². The van der Waals surface area contributed by atoms with Crippen molar-refractivity contribution in [2.24, 2.45) is 0 Å². The highest BCUT2D eigenvalue weighted by atomic mass is 127. The van der Waals surface area contributed by atoms with E-state index in [0.29, 0.717) is 17.2 Å². The first-order chi connectivity index (χ1) is 8.88. The van der Waals surface area contributed by atoms with Crippen molar-refractivity contribution in [1.29, 1.82) is 0 Å². The molecule has 3 nitrogen and oxygen atoms in total. The van der Waals surface area contributed by atoms with Gasteiger partial charge in [0.2, 0.25) is 0 Å². The molecule has 1 aromatic heterocycles. The zero-order chi connectivity index (χ0) is 14.2. The van der Waals surface area contributed by atoms with Gasteiger partial charge in [-0.25, -0.2) is 14.4 Å². The van der Waals surface area contributed by atoms with Crippen molar-refractivity contribution in [1.82, 2.24) is 9.97 Å². The first kappa shape index (κ1) is 14.2. The SMILES string of the molecule is Cc1cc(F)cc(-c2nc(N)c(I)c(C(C)C)n2)c1. The Hall–Kier alpha value is -1.24. The molecular weight excluding hydrogens is 356 g/mol. The normalized spacial score (nSPS) is 11.1. The molecule has 0 aliphatic carbocycles. The average molecular weight is 371 g/mol. The van der Waals surface area contributed by atoms with E-state index >= 15 is 0 Å². The number of aryl methyl sites for hydroxylation is 1. The van der Waals surface area contributed by atoms with Gasteiger partial charge in [0.05, 0.1) is 9.26 Å². The molecule has 0 amide bonds. The fraction of sp³-hybridized carbons (Fsp3) is 0.286. The van der Waals surface area contributed by atoms with Crippen LogP contribution in [-0.2, 0) is 0 Å². The molecular formula is C14H15FIN3. The maximum Gasteiger partial charge on any atom is 0.161 e. The highest BCUT2D eigenvalue weighted by Crippen LogP contribution is 2.27. The highest BCUT2D eigenvalue weighted by molar-refractivity contribution is 14.1. The Bertz CT molecular complexity index is 606. The average Bonchev–Trinajstić information content (AvgIpc) is 2.30. The third kappa shape index (κ3) is 3.02. The second-order valence-electron chi connectivity index (χ2n) is 4.80. The van der Waals surface area contributed by atoms with Crippen LogP contribution in [-0.4, -0.2) is 9.97 Å². The van der Waals surface area contributed by atoms with E-state index in [1.54, 1.807) is 0 Å². The Morgan fingerprint density at radius 1 is 1.21 bits per heavy atom. The van der Waals surface area contributed by atoms with Gasteiger partial charge >= 0.3 is 0 Å². The number of nitrogen functional groups attached to an aromatic ring is 1. The van der Waals surface area contributed by atoms with Gasteiger partial charge in [-0.3, -0.25) is 0 Å². The smallest absolute Gasteiger partial charge is 0.161 e. The van der Waals surface area contributed by atoms with Crippen LogP contribution in [0.2, 0.25) is 0 Å². The number of aromatic nitrogens is 2. The lowest BCUT2D eigenvalue weighted by molar-refractivity contribution is 0.627. The maximum absolute atomic E-state index is 13.5. The van der Waals surface area contributed by atoms with E-state index in [1.807, 2.05) is 26.8 Å². The number of hydrogen-bond donors (Lipinski definition) is 1. The summed E-state index contributed by atoms with van der Waals surface area (Å²) < 4.78 is 14.3. The third-order valence-corrected chi connectivity index (χ3v) is 3.85. The van der Waals surface area contributed by atoms with Crippen LogP contribution < -0.4 is 5.73 Å². The summed E-state index contributed by atoms with van der Waals surface area (Å²) in [6.07, 6.45) is 0. The second-order valence-corrected chi connectivity index (χ2v) is 5.88. The van der Waals surface area contributed by atoms with Gasteiger partial charge in [0.15, 0.2) is 5.82 Å². The molecule has 5 heteroatoms. The largest absolute Gasteiger partial charge is 0.383 e. The lowest BCUT2D eigenvalue weighted by Crippen LogP contribution is -2.06. The summed E-state index contributed by atoms with van der Waals surface area (Å²) in [4.78, 5) is 8.78. The number of benzene rings is 1. The van der Waals surface area contributed by atoms with Crippen LogP contribution in [0.1, 0.15) is 31.0 Å². The number of hydrogen-bond acceptors (Lipinski definition) is 3. The van der Waals surface area contributed by atoms with Crippen LogP contribution in [0, 0.1) is 16.3 Å². The molecule has 0 fully saturated rings. The molecule has 0 saturated heterocycles. The van der Waals surface area contributed by atoms with E-state index in [2.05, 4.69) is 32.6 Å². The quantitative estimate of drug-likeness (QED) is 0.815. The Morgan fingerprint density at radius 2 is 1.89 bits per heavy atom. The minimum Gasteiger partial charge on any atom is -0.383 e. The molecule has 0 saturated carbocycles. The van der Waals surface area contributed by atoms with Crippen molar-refractivity contribution < 1.29 is 4.39 Å². The molecule has 2 N–H and O–H groups in total. The molecule has 2 aromatic rings. The van der Waals surface area contributed by atoms with Crippen LogP contribution >= 0.6 is 22.6 Å². The molecule has 0 spiro atoms. The van der Waals surface area contributed by atoms with Crippen molar-refractivity contribution in [2.75, 3.05) is 5.73 Å². The van der Waals surface area contributed by atoms with E-state index in [9.17, 15) is 4.39 Å². The summed E-state index contributed by atoms with van der Waals surface area (Å²) in [6, 6.07) is 4.76. The summed E-state index contributed by atoms with van der Waals surface area (Å²) in [7, 11) is 0. The van der Waals surface area contributed by atoms with E-state index < -0.39 is 0 Å². The van der Waals surface area contributed by atoms with E-state index in [1.165, 1.54) is 12.1 Å². The van der Waals surface area contributed by atoms with Gasteiger partial charge in [-0.05, 0) is 59.2 Å². The second kappa shape index (κ2) is 5.40. The molecule has 0 aliphatic rings.